The number of esters is 1. The molecule has 34 heavy (non-hydrogen) atoms. The van der Waals surface area contributed by atoms with E-state index >= 15 is 0 Å². The number of rotatable bonds is 5. The molecule has 0 saturated heterocycles. The van der Waals surface area contributed by atoms with E-state index in [1.807, 2.05) is 13.0 Å². The van der Waals surface area contributed by atoms with E-state index in [4.69, 9.17) is 4.74 Å². The molecule has 0 saturated carbocycles. The Morgan fingerprint density at radius 2 is 2.00 bits per heavy atom. The van der Waals surface area contributed by atoms with Gasteiger partial charge >= 0.3 is 5.97 Å². The smallest absolute Gasteiger partial charge is 0.343 e. The molecule has 2 aromatic heterocycles. The van der Waals surface area contributed by atoms with E-state index in [1.165, 1.54) is 12.3 Å². The molecule has 0 aromatic carbocycles. The lowest BCUT2D eigenvalue weighted by atomic mass is 9.86. The Bertz CT molecular complexity index is 1280. The maximum atomic E-state index is 15.0. The van der Waals surface area contributed by atoms with E-state index in [1.54, 1.807) is 24.5 Å². The molecule has 1 N–H and O–H groups in total. The molecule has 4 rings (SSSR count). The maximum absolute atomic E-state index is 15.0. The van der Waals surface area contributed by atoms with Crippen LogP contribution in [0.2, 0.25) is 0 Å². The Morgan fingerprint density at radius 1 is 1.24 bits per heavy atom. The Morgan fingerprint density at radius 3 is 2.68 bits per heavy atom. The van der Waals surface area contributed by atoms with Gasteiger partial charge in [0, 0.05) is 17.3 Å². The molecule has 0 fully saturated rings. The summed E-state index contributed by atoms with van der Waals surface area (Å²) >= 11 is 0. The van der Waals surface area contributed by atoms with Crippen molar-refractivity contribution in [3.63, 3.8) is 0 Å². The van der Waals surface area contributed by atoms with Gasteiger partial charge in [0.25, 0.3) is 5.56 Å². The van der Waals surface area contributed by atoms with Crippen LogP contribution in [0.3, 0.4) is 0 Å². The summed E-state index contributed by atoms with van der Waals surface area (Å²) in [6, 6.07) is 5.05. The molecular formula is C27H31FN2O4. The van der Waals surface area contributed by atoms with Crippen molar-refractivity contribution in [1.29, 1.82) is 0 Å². The second-order valence-corrected chi connectivity index (χ2v) is 9.00. The molecule has 7 heteroatoms. The van der Waals surface area contributed by atoms with E-state index in [0.717, 1.165) is 36.0 Å². The molecule has 6 nitrogen and oxygen atoms in total. The number of aromatic nitrogens is 2. The summed E-state index contributed by atoms with van der Waals surface area (Å²) in [6.45, 7) is 7.76. The lowest BCUT2D eigenvalue weighted by Crippen LogP contribution is -2.44. The Kier molecular flexibility index (Phi) is 6.58. The van der Waals surface area contributed by atoms with Gasteiger partial charge in [0.2, 0.25) is 0 Å². The van der Waals surface area contributed by atoms with Crippen LogP contribution in [0.15, 0.2) is 29.2 Å². The second kappa shape index (κ2) is 9.29. The molecule has 0 aliphatic carbocycles. The summed E-state index contributed by atoms with van der Waals surface area (Å²) in [7, 11) is 0. The fourth-order valence-electron chi connectivity index (χ4n) is 4.93. The molecule has 180 valence electrons. The number of halogens is 1. The van der Waals surface area contributed by atoms with Gasteiger partial charge in [-0.2, -0.15) is 0 Å². The van der Waals surface area contributed by atoms with Crippen molar-refractivity contribution in [2.75, 3.05) is 0 Å². The standard InChI is InChI=1S/C27H31FN2O4/c1-5-8-9-19-16(4)22(28)10-11-29-24-18(12-17(19)6-2)14-30-23(24)13-21-20(25(30)31)15-34-26(32)27(21,33)7-3/h10-13,33H,5-9,14-15H2,1-4H3/t27-/m0/s1. The number of aryl methyl sites for hydroxylation is 1. The van der Waals surface area contributed by atoms with E-state index in [0.29, 0.717) is 29.9 Å². The first-order chi connectivity index (χ1) is 16.3. The average molecular weight is 467 g/mol. The topological polar surface area (TPSA) is 81.4 Å². The first-order valence-corrected chi connectivity index (χ1v) is 12.0. The summed E-state index contributed by atoms with van der Waals surface area (Å²) in [5, 5.41) is 11.0. The van der Waals surface area contributed by atoms with Gasteiger partial charge in [-0.05, 0) is 61.4 Å². The number of pyridine rings is 1. The number of carbonyl (C=O) groups excluding carboxylic acids is 1. The van der Waals surface area contributed by atoms with Gasteiger partial charge in [-0.15, -0.1) is 0 Å². The molecule has 4 heterocycles. The summed E-state index contributed by atoms with van der Waals surface area (Å²) in [6.07, 6.45) is 4.93. The highest BCUT2D eigenvalue weighted by molar-refractivity contribution is 5.84. The summed E-state index contributed by atoms with van der Waals surface area (Å²) in [4.78, 5) is 30.3. The van der Waals surface area contributed by atoms with Gasteiger partial charge in [-0.1, -0.05) is 33.3 Å². The summed E-state index contributed by atoms with van der Waals surface area (Å²) < 4.78 is 21.7. The monoisotopic (exact) mass is 466 g/mol. The Labute approximate surface area is 198 Å². The van der Waals surface area contributed by atoms with Crippen molar-refractivity contribution in [2.24, 2.45) is 0 Å². The minimum Gasteiger partial charge on any atom is -0.458 e. The predicted octanol–water partition coefficient (Wildman–Crippen LogP) is 4.40. The van der Waals surface area contributed by atoms with Crippen LogP contribution in [0.4, 0.5) is 4.39 Å². The number of hydrogen-bond acceptors (Lipinski definition) is 5. The highest BCUT2D eigenvalue weighted by atomic mass is 19.1. The lowest BCUT2D eigenvalue weighted by molar-refractivity contribution is -0.172. The fourth-order valence-corrected chi connectivity index (χ4v) is 4.93. The number of fused-ring (bicyclic) bond motifs is 4. The van der Waals surface area contributed by atoms with Crippen LogP contribution in [0, 0.1) is 12.7 Å². The predicted molar refractivity (Wildman–Crippen MR) is 127 cm³/mol. The number of nitrogens with zero attached hydrogens (tertiary/aromatic N) is 2. The molecule has 2 aromatic rings. The number of carbonyl (C=O) groups is 1. The van der Waals surface area contributed by atoms with Gasteiger partial charge < -0.3 is 14.4 Å². The van der Waals surface area contributed by atoms with Crippen molar-refractivity contribution in [1.82, 2.24) is 9.55 Å². The first-order valence-electron chi connectivity index (χ1n) is 12.0. The number of hydrogen-bond donors (Lipinski definition) is 1. The minimum atomic E-state index is -1.88. The third-order valence-corrected chi connectivity index (χ3v) is 7.05. The second-order valence-electron chi connectivity index (χ2n) is 9.00. The number of cyclic esters (lactones) is 1. The van der Waals surface area contributed by atoms with E-state index in [9.17, 15) is 19.1 Å². The first kappa shape index (κ1) is 24.1. The summed E-state index contributed by atoms with van der Waals surface area (Å²) in [5.41, 5.74) is 2.88. The number of unbranched alkanes of at least 4 members (excludes halogenated alkanes) is 1. The maximum Gasteiger partial charge on any atom is 0.343 e. The molecule has 0 amide bonds. The fraction of sp³-hybridized carbons (Fsp3) is 0.444. The van der Waals surface area contributed by atoms with Crippen LogP contribution in [0.5, 0.6) is 0 Å². The highest BCUT2D eigenvalue weighted by Gasteiger charge is 2.45. The molecular weight excluding hydrogens is 435 g/mol. The molecule has 0 unspecified atom stereocenters. The molecule has 0 spiro atoms. The van der Waals surface area contributed by atoms with E-state index in [-0.39, 0.29) is 35.5 Å². The van der Waals surface area contributed by atoms with E-state index < -0.39 is 11.6 Å². The molecule has 0 radical (unpaired) electrons. The number of ether oxygens (including phenoxy) is 1. The van der Waals surface area contributed by atoms with Crippen LogP contribution in [0.1, 0.15) is 73.4 Å². The Hall–Kier alpha value is -3.06. The quantitative estimate of drug-likeness (QED) is 0.564. The minimum absolute atomic E-state index is 0.0790. The zero-order valence-corrected chi connectivity index (χ0v) is 20.2. The third kappa shape index (κ3) is 3.82. The SMILES string of the molecule is CCCCc1c(CC)cc2c(nccc(F)c1C)-c1cc3c(c(=O)n1C2)COC(=O)[C@]3(O)CC. The zero-order valence-electron chi connectivity index (χ0n) is 20.2. The van der Waals surface area contributed by atoms with Crippen molar-refractivity contribution in [2.45, 2.75) is 78.6 Å². The van der Waals surface area contributed by atoms with Crippen molar-refractivity contribution in [3.05, 3.63) is 73.9 Å². The van der Waals surface area contributed by atoms with Crippen molar-refractivity contribution >= 4 is 5.97 Å². The largest absolute Gasteiger partial charge is 0.458 e. The highest BCUT2D eigenvalue weighted by Crippen LogP contribution is 2.37. The van der Waals surface area contributed by atoms with Crippen LogP contribution < -0.4 is 5.56 Å². The normalized spacial score (nSPS) is 18.0. The van der Waals surface area contributed by atoms with Gasteiger partial charge in [0.1, 0.15) is 12.4 Å². The summed E-state index contributed by atoms with van der Waals surface area (Å²) in [5.74, 6) is -1.09. The van der Waals surface area contributed by atoms with Gasteiger partial charge in [-0.3, -0.25) is 9.78 Å². The van der Waals surface area contributed by atoms with Crippen LogP contribution >= 0.6 is 0 Å². The van der Waals surface area contributed by atoms with Crippen LogP contribution in [0.25, 0.3) is 11.4 Å². The number of aliphatic hydroxyl groups is 1. The van der Waals surface area contributed by atoms with Gasteiger partial charge in [0.05, 0.1) is 23.5 Å². The van der Waals surface area contributed by atoms with Gasteiger partial charge in [-0.25, -0.2) is 9.18 Å². The zero-order chi connectivity index (χ0) is 24.6. The van der Waals surface area contributed by atoms with Crippen LogP contribution in [-0.4, -0.2) is 20.6 Å². The van der Waals surface area contributed by atoms with E-state index in [2.05, 4.69) is 11.9 Å². The van der Waals surface area contributed by atoms with Gasteiger partial charge in [0.15, 0.2) is 5.60 Å². The lowest BCUT2D eigenvalue weighted by Gasteiger charge is -2.31. The molecule has 1 atom stereocenters. The average Bonchev–Trinajstić information content (AvgIpc) is 3.18. The van der Waals surface area contributed by atoms with Crippen molar-refractivity contribution < 1.29 is 19.0 Å². The molecule has 2 aliphatic rings. The molecule has 2 aliphatic heterocycles. The third-order valence-electron chi connectivity index (χ3n) is 7.05. The molecule has 0 bridgehead atoms. The Balaban J connectivity index is 2.02. The van der Waals surface area contributed by atoms with Crippen LogP contribution in [-0.2, 0) is 41.1 Å². The van der Waals surface area contributed by atoms with Crippen molar-refractivity contribution in [3.8, 4) is 11.4 Å².